The summed E-state index contributed by atoms with van der Waals surface area (Å²) < 4.78 is 0. The van der Waals surface area contributed by atoms with Crippen molar-refractivity contribution in [2.75, 3.05) is 11.5 Å². The lowest BCUT2D eigenvalue weighted by molar-refractivity contribution is 1.44. The zero-order chi connectivity index (χ0) is 9.84. The van der Waals surface area contributed by atoms with Gasteiger partial charge in [0.2, 0.25) is 0 Å². The topological polar surface area (TPSA) is 75.8 Å². The molecule has 0 aliphatic rings. The Morgan fingerprint density at radius 2 is 1.92 bits per heavy atom. The standard InChI is InChI=1S/C10H11N3/c1-7-5-9(12)10(13)6-8(7)3-2-4-11/h2-3,5-6H,12-13H2,1H3. The van der Waals surface area contributed by atoms with E-state index in [4.69, 9.17) is 16.7 Å². The van der Waals surface area contributed by atoms with E-state index in [1.165, 1.54) is 6.08 Å². The molecule has 0 atom stereocenters. The van der Waals surface area contributed by atoms with E-state index in [1.807, 2.05) is 13.0 Å². The number of allylic oxidation sites excluding steroid dienone is 1. The molecule has 1 rings (SSSR count). The van der Waals surface area contributed by atoms with Gasteiger partial charge in [0.05, 0.1) is 17.4 Å². The van der Waals surface area contributed by atoms with Gasteiger partial charge in [-0.05, 0) is 36.3 Å². The number of nitrogens with zero attached hydrogens (tertiary/aromatic N) is 1. The lowest BCUT2D eigenvalue weighted by Crippen LogP contribution is -1.96. The van der Waals surface area contributed by atoms with Crippen molar-refractivity contribution in [3.8, 4) is 6.07 Å². The van der Waals surface area contributed by atoms with Crippen molar-refractivity contribution >= 4 is 17.5 Å². The van der Waals surface area contributed by atoms with E-state index in [9.17, 15) is 0 Å². The summed E-state index contributed by atoms with van der Waals surface area (Å²) in [7, 11) is 0. The van der Waals surface area contributed by atoms with Crippen LogP contribution in [0.3, 0.4) is 0 Å². The van der Waals surface area contributed by atoms with Crippen LogP contribution in [0.4, 0.5) is 11.4 Å². The Balaban J connectivity index is 3.17. The second kappa shape index (κ2) is 3.63. The van der Waals surface area contributed by atoms with E-state index < -0.39 is 0 Å². The van der Waals surface area contributed by atoms with Crippen molar-refractivity contribution in [1.82, 2.24) is 0 Å². The highest BCUT2D eigenvalue weighted by atomic mass is 14.7. The Morgan fingerprint density at radius 1 is 1.31 bits per heavy atom. The maximum Gasteiger partial charge on any atom is 0.0912 e. The number of benzene rings is 1. The van der Waals surface area contributed by atoms with Crippen molar-refractivity contribution in [2.45, 2.75) is 6.92 Å². The maximum atomic E-state index is 8.35. The van der Waals surface area contributed by atoms with Gasteiger partial charge in [0, 0.05) is 6.08 Å². The first-order valence-corrected chi connectivity index (χ1v) is 3.87. The molecule has 0 aromatic heterocycles. The number of rotatable bonds is 1. The molecule has 0 amide bonds. The Hall–Kier alpha value is -1.95. The number of aryl methyl sites for hydroxylation is 1. The van der Waals surface area contributed by atoms with Crippen LogP contribution in [-0.2, 0) is 0 Å². The predicted octanol–water partition coefficient (Wildman–Crippen LogP) is 1.70. The zero-order valence-electron chi connectivity index (χ0n) is 7.41. The average molecular weight is 173 g/mol. The molecule has 1 aromatic carbocycles. The molecule has 3 heteroatoms. The van der Waals surface area contributed by atoms with Crippen LogP contribution >= 0.6 is 0 Å². The number of nitriles is 1. The zero-order valence-corrected chi connectivity index (χ0v) is 7.41. The third kappa shape index (κ3) is 2.00. The number of anilines is 2. The van der Waals surface area contributed by atoms with Crippen LogP contribution in [-0.4, -0.2) is 0 Å². The molecule has 0 spiro atoms. The molecule has 0 unspecified atom stereocenters. The molecule has 0 radical (unpaired) electrons. The van der Waals surface area contributed by atoms with Gasteiger partial charge in [-0.2, -0.15) is 5.26 Å². The molecule has 3 nitrogen and oxygen atoms in total. The quantitative estimate of drug-likeness (QED) is 0.501. The van der Waals surface area contributed by atoms with Crippen LogP contribution < -0.4 is 11.5 Å². The SMILES string of the molecule is Cc1cc(N)c(N)cc1C=CC#N. The van der Waals surface area contributed by atoms with Crippen molar-refractivity contribution in [1.29, 1.82) is 5.26 Å². The van der Waals surface area contributed by atoms with Crippen molar-refractivity contribution < 1.29 is 0 Å². The fourth-order valence-electron chi connectivity index (χ4n) is 1.07. The Kier molecular flexibility index (Phi) is 2.56. The van der Waals surface area contributed by atoms with Gasteiger partial charge in [0.1, 0.15) is 0 Å². The van der Waals surface area contributed by atoms with E-state index in [0.29, 0.717) is 11.4 Å². The van der Waals surface area contributed by atoms with Crippen LogP contribution in [0.15, 0.2) is 18.2 Å². The number of nitrogens with two attached hydrogens (primary N) is 2. The van der Waals surface area contributed by atoms with E-state index in [0.717, 1.165) is 11.1 Å². The van der Waals surface area contributed by atoms with Gasteiger partial charge in [0.15, 0.2) is 0 Å². The minimum absolute atomic E-state index is 0.545. The first-order valence-electron chi connectivity index (χ1n) is 3.87. The molecule has 0 heterocycles. The summed E-state index contributed by atoms with van der Waals surface area (Å²) in [6, 6.07) is 5.49. The first kappa shape index (κ1) is 9.14. The summed E-state index contributed by atoms with van der Waals surface area (Å²) in [5, 5.41) is 8.35. The highest BCUT2D eigenvalue weighted by Gasteiger charge is 1.99. The van der Waals surface area contributed by atoms with Crippen LogP contribution in [0.25, 0.3) is 6.08 Å². The number of hydrogen-bond donors (Lipinski definition) is 2. The fourth-order valence-corrected chi connectivity index (χ4v) is 1.07. The molecule has 4 N–H and O–H groups in total. The largest absolute Gasteiger partial charge is 0.397 e. The normalized spacial score (nSPS) is 10.2. The molecule has 1 aromatic rings. The molecular formula is C10H11N3. The molecule has 0 fully saturated rings. The molecule has 0 aliphatic heterocycles. The van der Waals surface area contributed by atoms with Gasteiger partial charge < -0.3 is 11.5 Å². The Bertz CT molecular complexity index is 386. The van der Waals surface area contributed by atoms with E-state index >= 15 is 0 Å². The van der Waals surface area contributed by atoms with Crippen LogP contribution in [0.5, 0.6) is 0 Å². The lowest BCUT2D eigenvalue weighted by atomic mass is 10.1. The minimum Gasteiger partial charge on any atom is -0.397 e. The van der Waals surface area contributed by atoms with Gasteiger partial charge in [0.25, 0.3) is 0 Å². The molecular weight excluding hydrogens is 162 g/mol. The van der Waals surface area contributed by atoms with Crippen LogP contribution in [0, 0.1) is 18.3 Å². The van der Waals surface area contributed by atoms with Gasteiger partial charge in [-0.3, -0.25) is 0 Å². The second-order valence-electron chi connectivity index (χ2n) is 2.80. The van der Waals surface area contributed by atoms with Crippen LogP contribution in [0.1, 0.15) is 11.1 Å². The highest BCUT2D eigenvalue weighted by Crippen LogP contribution is 2.21. The van der Waals surface area contributed by atoms with Crippen molar-refractivity contribution in [3.63, 3.8) is 0 Å². The highest BCUT2D eigenvalue weighted by molar-refractivity contribution is 5.71. The Labute approximate surface area is 77.3 Å². The van der Waals surface area contributed by atoms with Crippen molar-refractivity contribution in [2.24, 2.45) is 0 Å². The summed E-state index contributed by atoms with van der Waals surface area (Å²) in [6.45, 7) is 1.92. The third-order valence-corrected chi connectivity index (χ3v) is 1.81. The molecule has 0 aliphatic carbocycles. The van der Waals surface area contributed by atoms with Crippen molar-refractivity contribution in [3.05, 3.63) is 29.3 Å². The van der Waals surface area contributed by atoms with Gasteiger partial charge >= 0.3 is 0 Å². The molecule has 66 valence electrons. The number of hydrogen-bond acceptors (Lipinski definition) is 3. The van der Waals surface area contributed by atoms with E-state index in [-0.39, 0.29) is 0 Å². The summed E-state index contributed by atoms with van der Waals surface area (Å²) in [6.07, 6.45) is 3.13. The second-order valence-corrected chi connectivity index (χ2v) is 2.80. The molecule has 13 heavy (non-hydrogen) atoms. The van der Waals surface area contributed by atoms with Gasteiger partial charge in [-0.1, -0.05) is 0 Å². The fraction of sp³-hybridized carbons (Fsp3) is 0.100. The molecule has 0 bridgehead atoms. The Morgan fingerprint density at radius 3 is 2.54 bits per heavy atom. The van der Waals surface area contributed by atoms with E-state index in [1.54, 1.807) is 18.2 Å². The van der Waals surface area contributed by atoms with Crippen LogP contribution in [0.2, 0.25) is 0 Å². The van der Waals surface area contributed by atoms with Gasteiger partial charge in [-0.15, -0.1) is 0 Å². The summed E-state index contributed by atoms with van der Waals surface area (Å²) in [5.41, 5.74) is 14.3. The maximum absolute atomic E-state index is 8.35. The number of nitrogen functional groups attached to an aromatic ring is 2. The average Bonchev–Trinajstić information content (AvgIpc) is 2.09. The third-order valence-electron chi connectivity index (χ3n) is 1.81. The summed E-state index contributed by atoms with van der Waals surface area (Å²) in [4.78, 5) is 0. The lowest BCUT2D eigenvalue weighted by Gasteiger charge is -2.04. The summed E-state index contributed by atoms with van der Waals surface area (Å²) in [5.74, 6) is 0. The smallest absolute Gasteiger partial charge is 0.0912 e. The molecule has 0 saturated heterocycles. The first-order chi connectivity index (χ1) is 6.15. The predicted molar refractivity (Wildman–Crippen MR) is 54.7 cm³/mol. The summed E-state index contributed by atoms with van der Waals surface area (Å²) >= 11 is 0. The van der Waals surface area contributed by atoms with Gasteiger partial charge in [-0.25, -0.2) is 0 Å². The monoisotopic (exact) mass is 173 g/mol. The van der Waals surface area contributed by atoms with E-state index in [2.05, 4.69) is 0 Å². The minimum atomic E-state index is 0.545. The molecule has 0 saturated carbocycles.